The van der Waals surface area contributed by atoms with Crippen LogP contribution in [0.25, 0.3) is 0 Å². The zero-order chi connectivity index (χ0) is 22.3. The first kappa shape index (κ1) is 23.9. The number of hydrogen-bond acceptors (Lipinski definition) is 6. The first-order valence-corrected chi connectivity index (χ1v) is 13.0. The molecule has 182 valence electrons. The van der Waals surface area contributed by atoms with E-state index < -0.39 is 0 Å². The molecule has 0 bridgehead atoms. The van der Waals surface area contributed by atoms with Crippen LogP contribution in [0.2, 0.25) is 0 Å². The van der Waals surface area contributed by atoms with Gasteiger partial charge in [-0.15, -0.1) is 0 Å². The molecule has 2 heterocycles. The molecule has 4 rings (SSSR count). The molecule has 2 saturated heterocycles. The Morgan fingerprint density at radius 3 is 2.47 bits per heavy atom. The highest BCUT2D eigenvalue weighted by atomic mass is 16.5. The molecule has 0 aromatic heterocycles. The number of rotatable bonds is 6. The highest BCUT2D eigenvalue weighted by Gasteiger charge is 2.34. The van der Waals surface area contributed by atoms with Crippen LogP contribution in [0.15, 0.2) is 0 Å². The van der Waals surface area contributed by atoms with Gasteiger partial charge in [-0.1, -0.05) is 6.42 Å². The van der Waals surface area contributed by atoms with E-state index in [1.165, 1.54) is 25.7 Å². The summed E-state index contributed by atoms with van der Waals surface area (Å²) in [5.41, 5.74) is 0. The summed E-state index contributed by atoms with van der Waals surface area (Å²) in [7, 11) is 1.83. The highest BCUT2D eigenvalue weighted by molar-refractivity contribution is 5.88. The minimum Gasteiger partial charge on any atom is -0.381 e. The fourth-order valence-corrected chi connectivity index (χ4v) is 6.11. The summed E-state index contributed by atoms with van der Waals surface area (Å²) >= 11 is 0. The molecule has 0 spiro atoms. The number of carbonyl (C=O) groups is 2. The van der Waals surface area contributed by atoms with Crippen molar-refractivity contribution >= 4 is 11.8 Å². The molecule has 0 aromatic rings. The second kappa shape index (κ2) is 11.8. The fourth-order valence-electron chi connectivity index (χ4n) is 6.11. The smallest absolute Gasteiger partial charge is 0.242 e. The van der Waals surface area contributed by atoms with Gasteiger partial charge in [0.2, 0.25) is 11.8 Å². The summed E-state index contributed by atoms with van der Waals surface area (Å²) in [6.07, 6.45) is 12.1. The summed E-state index contributed by atoms with van der Waals surface area (Å²) in [4.78, 5) is 25.0. The molecule has 32 heavy (non-hydrogen) atoms. The van der Waals surface area contributed by atoms with Crippen molar-refractivity contribution in [2.45, 2.75) is 95.1 Å². The Bertz CT molecular complexity index is 617. The summed E-state index contributed by atoms with van der Waals surface area (Å²) in [5, 5.41) is 17.0. The van der Waals surface area contributed by atoms with Gasteiger partial charge in [0.1, 0.15) is 12.3 Å². The Morgan fingerprint density at radius 2 is 1.72 bits per heavy atom. The van der Waals surface area contributed by atoms with Crippen LogP contribution in [0.4, 0.5) is 0 Å². The second-order valence-corrected chi connectivity index (χ2v) is 10.4. The lowest BCUT2D eigenvalue weighted by Crippen LogP contribution is -2.63. The average Bonchev–Trinajstić information content (AvgIpc) is 3.04. The Morgan fingerprint density at radius 1 is 0.938 bits per heavy atom. The molecule has 0 radical (unpaired) electrons. The van der Waals surface area contributed by atoms with Crippen LogP contribution >= 0.6 is 0 Å². The number of nitrogens with one attached hydrogen (secondary N) is 5. The van der Waals surface area contributed by atoms with E-state index in [9.17, 15) is 9.59 Å². The van der Waals surface area contributed by atoms with Gasteiger partial charge in [0, 0.05) is 38.7 Å². The lowest BCUT2D eigenvalue weighted by molar-refractivity contribution is -0.131. The molecule has 0 aromatic carbocycles. The molecule has 4 aliphatic rings. The average molecular weight is 450 g/mol. The van der Waals surface area contributed by atoms with E-state index in [4.69, 9.17) is 4.74 Å². The molecule has 2 aliphatic carbocycles. The van der Waals surface area contributed by atoms with Crippen molar-refractivity contribution in [3.8, 4) is 0 Å². The molecule has 3 atom stereocenters. The van der Waals surface area contributed by atoms with Gasteiger partial charge in [-0.05, 0) is 76.0 Å². The molecule has 4 fully saturated rings. The summed E-state index contributed by atoms with van der Waals surface area (Å²) in [5.74, 6) is 1.48. The van der Waals surface area contributed by atoms with E-state index in [1.54, 1.807) is 0 Å². The molecule has 3 unspecified atom stereocenters. The third-order valence-electron chi connectivity index (χ3n) is 8.19. The van der Waals surface area contributed by atoms with Crippen LogP contribution in [0, 0.1) is 17.8 Å². The van der Waals surface area contributed by atoms with Crippen molar-refractivity contribution in [2.75, 3.05) is 26.7 Å². The molecular formula is C24H43N5O3. The van der Waals surface area contributed by atoms with Crippen molar-refractivity contribution in [1.82, 2.24) is 26.6 Å². The minimum atomic E-state index is -0.365. The van der Waals surface area contributed by atoms with Crippen LogP contribution in [0.5, 0.6) is 0 Å². The standard InChI is InChI=1S/C24H43N5O3/c1-32-20-10-8-16(9-11-20)18-14-26-24(27-15-18)28-19-6-4-5-17(13-19)22(30)29-21-7-2-3-12-25-23(21)31/h16-21,24,26-28H,2-15H2,1H3,(H,25,31)(H,29,30). The first-order valence-electron chi connectivity index (χ1n) is 13.0. The molecule has 2 aliphatic heterocycles. The second-order valence-electron chi connectivity index (χ2n) is 10.4. The van der Waals surface area contributed by atoms with Gasteiger partial charge in [-0.2, -0.15) is 0 Å². The maximum Gasteiger partial charge on any atom is 0.242 e. The quantitative estimate of drug-likeness (QED) is 0.418. The number of amides is 2. The molecule has 8 nitrogen and oxygen atoms in total. The fraction of sp³-hybridized carbons (Fsp3) is 0.917. The van der Waals surface area contributed by atoms with Crippen LogP contribution in [-0.2, 0) is 14.3 Å². The van der Waals surface area contributed by atoms with E-state index >= 15 is 0 Å². The first-order chi connectivity index (χ1) is 15.6. The molecular weight excluding hydrogens is 406 g/mol. The number of methoxy groups -OCH3 is 1. The van der Waals surface area contributed by atoms with E-state index in [2.05, 4.69) is 26.6 Å². The zero-order valence-electron chi connectivity index (χ0n) is 19.7. The van der Waals surface area contributed by atoms with Crippen molar-refractivity contribution in [1.29, 1.82) is 0 Å². The number of hydrogen-bond donors (Lipinski definition) is 5. The van der Waals surface area contributed by atoms with Gasteiger partial charge < -0.3 is 15.4 Å². The van der Waals surface area contributed by atoms with Crippen LogP contribution in [0.1, 0.15) is 70.6 Å². The number of carbonyl (C=O) groups excluding carboxylic acids is 2. The lowest BCUT2D eigenvalue weighted by atomic mass is 9.78. The zero-order valence-corrected chi connectivity index (χ0v) is 19.7. The van der Waals surface area contributed by atoms with E-state index in [0.29, 0.717) is 18.1 Å². The van der Waals surface area contributed by atoms with Gasteiger partial charge in [0.05, 0.1) is 6.10 Å². The topological polar surface area (TPSA) is 104 Å². The Hall–Kier alpha value is -1.22. The van der Waals surface area contributed by atoms with Gasteiger partial charge in [-0.3, -0.25) is 25.5 Å². The van der Waals surface area contributed by atoms with Gasteiger partial charge >= 0.3 is 0 Å². The predicted molar refractivity (Wildman–Crippen MR) is 124 cm³/mol. The monoisotopic (exact) mass is 449 g/mol. The lowest BCUT2D eigenvalue weighted by Gasteiger charge is -2.40. The SMILES string of the molecule is COC1CCC(C2CNC(NC3CCCC(C(=O)NC4CCCCNC4=O)C3)NC2)CC1. The molecule has 2 amide bonds. The van der Waals surface area contributed by atoms with Gasteiger partial charge in [-0.25, -0.2) is 0 Å². The van der Waals surface area contributed by atoms with Crippen molar-refractivity contribution in [3.05, 3.63) is 0 Å². The molecule has 2 saturated carbocycles. The van der Waals surface area contributed by atoms with Crippen LogP contribution in [0.3, 0.4) is 0 Å². The largest absolute Gasteiger partial charge is 0.381 e. The summed E-state index contributed by atoms with van der Waals surface area (Å²) < 4.78 is 5.52. The van der Waals surface area contributed by atoms with E-state index in [0.717, 1.165) is 70.5 Å². The Kier molecular flexibility index (Phi) is 8.80. The van der Waals surface area contributed by atoms with Gasteiger partial charge in [0.25, 0.3) is 0 Å². The van der Waals surface area contributed by atoms with Crippen LogP contribution < -0.4 is 26.6 Å². The van der Waals surface area contributed by atoms with Crippen molar-refractivity contribution < 1.29 is 14.3 Å². The number of ether oxygens (including phenoxy) is 1. The van der Waals surface area contributed by atoms with Crippen molar-refractivity contribution in [2.24, 2.45) is 17.8 Å². The maximum atomic E-state index is 12.9. The maximum absolute atomic E-state index is 12.9. The Balaban J connectivity index is 1.18. The van der Waals surface area contributed by atoms with Crippen molar-refractivity contribution in [3.63, 3.8) is 0 Å². The molecule has 8 heteroatoms. The van der Waals surface area contributed by atoms with E-state index in [1.807, 2.05) is 7.11 Å². The summed E-state index contributed by atoms with van der Waals surface area (Å²) in [6.45, 7) is 2.80. The predicted octanol–water partition coefficient (Wildman–Crippen LogP) is 1.22. The van der Waals surface area contributed by atoms with Crippen LogP contribution in [-0.4, -0.2) is 63.0 Å². The third kappa shape index (κ3) is 6.43. The normalized spacial score (nSPS) is 39.0. The summed E-state index contributed by atoms with van der Waals surface area (Å²) in [6, 6.07) is -0.0444. The highest BCUT2D eigenvalue weighted by Crippen LogP contribution is 2.32. The minimum absolute atomic E-state index is 0.00962. The Labute approximate surface area is 192 Å². The molecule has 5 N–H and O–H groups in total. The van der Waals surface area contributed by atoms with Gasteiger partial charge in [0.15, 0.2) is 0 Å². The van der Waals surface area contributed by atoms with E-state index in [-0.39, 0.29) is 30.1 Å². The third-order valence-corrected chi connectivity index (χ3v) is 8.19.